The van der Waals surface area contributed by atoms with Crippen molar-refractivity contribution >= 4 is 0 Å². The summed E-state index contributed by atoms with van der Waals surface area (Å²) < 4.78 is 0. The van der Waals surface area contributed by atoms with Crippen LogP contribution in [-0.2, 0) is 0 Å². The van der Waals surface area contributed by atoms with Crippen molar-refractivity contribution < 1.29 is 0 Å². The average molecular weight is 156 g/mol. The summed E-state index contributed by atoms with van der Waals surface area (Å²) in [7, 11) is 0. The van der Waals surface area contributed by atoms with Crippen LogP contribution < -0.4 is 5.73 Å². The lowest BCUT2D eigenvalue weighted by atomic mass is 10.00. The summed E-state index contributed by atoms with van der Waals surface area (Å²) in [4.78, 5) is 2.55. The van der Waals surface area contributed by atoms with E-state index in [0.29, 0.717) is 5.92 Å². The second-order valence-corrected chi connectivity index (χ2v) is 3.55. The minimum atomic E-state index is 0.678. The Morgan fingerprint density at radius 2 is 2.36 bits per heavy atom. The van der Waals surface area contributed by atoms with Gasteiger partial charge in [0, 0.05) is 6.04 Å². The van der Waals surface area contributed by atoms with Crippen molar-refractivity contribution in [2.45, 2.75) is 32.7 Å². The number of rotatable bonds is 3. The highest BCUT2D eigenvalue weighted by atomic mass is 15.2. The molecule has 1 aliphatic heterocycles. The normalized spacial score (nSPS) is 29.2. The molecule has 0 radical (unpaired) electrons. The SMILES string of the molecule is CCN1CCCC1C(C)CN. The standard InChI is InChI=1S/C9H20N2/c1-3-11-6-4-5-9(11)8(2)7-10/h8-9H,3-7,10H2,1-2H3. The van der Waals surface area contributed by atoms with Crippen molar-refractivity contribution in [1.82, 2.24) is 4.90 Å². The summed E-state index contributed by atoms with van der Waals surface area (Å²) in [6.07, 6.45) is 2.72. The predicted molar refractivity (Wildman–Crippen MR) is 48.5 cm³/mol. The Hall–Kier alpha value is -0.0800. The van der Waals surface area contributed by atoms with Gasteiger partial charge in [0.05, 0.1) is 0 Å². The molecule has 11 heavy (non-hydrogen) atoms. The molecule has 2 N–H and O–H groups in total. The topological polar surface area (TPSA) is 29.3 Å². The maximum Gasteiger partial charge on any atom is 0.0133 e. The van der Waals surface area contributed by atoms with Gasteiger partial charge in [0.2, 0.25) is 0 Å². The highest BCUT2D eigenvalue weighted by Gasteiger charge is 2.26. The Bertz CT molecular complexity index is 114. The molecule has 2 nitrogen and oxygen atoms in total. The zero-order valence-electron chi connectivity index (χ0n) is 7.71. The van der Waals surface area contributed by atoms with Gasteiger partial charge in [0.15, 0.2) is 0 Å². The van der Waals surface area contributed by atoms with Crippen LogP contribution in [0.2, 0.25) is 0 Å². The molecule has 0 aromatic rings. The first-order valence-corrected chi connectivity index (χ1v) is 4.73. The van der Waals surface area contributed by atoms with Crippen molar-refractivity contribution in [3.63, 3.8) is 0 Å². The van der Waals surface area contributed by atoms with E-state index in [4.69, 9.17) is 5.73 Å². The minimum Gasteiger partial charge on any atom is -0.330 e. The monoisotopic (exact) mass is 156 g/mol. The van der Waals surface area contributed by atoms with Crippen molar-refractivity contribution in [3.05, 3.63) is 0 Å². The summed E-state index contributed by atoms with van der Waals surface area (Å²) in [6.45, 7) is 7.81. The van der Waals surface area contributed by atoms with Crippen molar-refractivity contribution in [2.24, 2.45) is 11.7 Å². The number of hydrogen-bond acceptors (Lipinski definition) is 2. The van der Waals surface area contributed by atoms with Gasteiger partial charge in [-0.15, -0.1) is 0 Å². The molecular weight excluding hydrogens is 136 g/mol. The number of hydrogen-bond donors (Lipinski definition) is 1. The molecule has 1 saturated heterocycles. The van der Waals surface area contributed by atoms with E-state index >= 15 is 0 Å². The molecule has 1 heterocycles. The summed E-state index contributed by atoms with van der Waals surface area (Å²) in [5, 5.41) is 0. The Morgan fingerprint density at radius 1 is 1.64 bits per heavy atom. The van der Waals surface area contributed by atoms with Gasteiger partial charge in [-0.1, -0.05) is 13.8 Å². The molecule has 2 heteroatoms. The van der Waals surface area contributed by atoms with Gasteiger partial charge in [0.1, 0.15) is 0 Å². The first kappa shape index (κ1) is 9.01. The maximum absolute atomic E-state index is 5.64. The lowest BCUT2D eigenvalue weighted by Crippen LogP contribution is -2.37. The quantitative estimate of drug-likeness (QED) is 0.662. The maximum atomic E-state index is 5.64. The number of likely N-dealkylation sites (tertiary alicyclic amines) is 1. The first-order valence-electron chi connectivity index (χ1n) is 4.73. The molecule has 1 rings (SSSR count). The summed E-state index contributed by atoms with van der Waals surface area (Å²) in [5.41, 5.74) is 5.64. The van der Waals surface area contributed by atoms with Crippen molar-refractivity contribution in [1.29, 1.82) is 0 Å². The van der Waals surface area contributed by atoms with Crippen LogP contribution >= 0.6 is 0 Å². The van der Waals surface area contributed by atoms with Crippen molar-refractivity contribution in [2.75, 3.05) is 19.6 Å². The van der Waals surface area contributed by atoms with Gasteiger partial charge < -0.3 is 10.6 Å². The van der Waals surface area contributed by atoms with Crippen LogP contribution in [0.25, 0.3) is 0 Å². The van der Waals surface area contributed by atoms with Crippen LogP contribution in [0.1, 0.15) is 26.7 Å². The Kier molecular flexibility index (Phi) is 3.34. The zero-order chi connectivity index (χ0) is 8.27. The second kappa shape index (κ2) is 4.07. The fraction of sp³-hybridized carbons (Fsp3) is 1.00. The number of nitrogens with two attached hydrogens (primary N) is 1. The van der Waals surface area contributed by atoms with Gasteiger partial charge in [-0.05, 0) is 38.4 Å². The van der Waals surface area contributed by atoms with E-state index in [0.717, 1.165) is 12.6 Å². The largest absolute Gasteiger partial charge is 0.330 e. The smallest absolute Gasteiger partial charge is 0.0133 e. The lowest BCUT2D eigenvalue weighted by molar-refractivity contribution is 0.210. The highest BCUT2D eigenvalue weighted by Crippen LogP contribution is 2.22. The molecule has 2 unspecified atom stereocenters. The molecule has 2 atom stereocenters. The van der Waals surface area contributed by atoms with E-state index in [2.05, 4.69) is 18.7 Å². The molecule has 0 bridgehead atoms. The molecule has 1 fully saturated rings. The van der Waals surface area contributed by atoms with Crippen LogP contribution in [-0.4, -0.2) is 30.6 Å². The van der Waals surface area contributed by atoms with Crippen LogP contribution in [0.4, 0.5) is 0 Å². The first-order chi connectivity index (χ1) is 5.29. The Balaban J connectivity index is 2.42. The third kappa shape index (κ3) is 1.94. The van der Waals surface area contributed by atoms with Crippen LogP contribution in [0.5, 0.6) is 0 Å². The second-order valence-electron chi connectivity index (χ2n) is 3.55. The van der Waals surface area contributed by atoms with Crippen LogP contribution in [0.3, 0.4) is 0 Å². The third-order valence-corrected chi connectivity index (χ3v) is 2.85. The molecule has 0 aromatic heterocycles. The zero-order valence-corrected chi connectivity index (χ0v) is 7.71. The van der Waals surface area contributed by atoms with E-state index in [1.54, 1.807) is 0 Å². The van der Waals surface area contributed by atoms with Crippen molar-refractivity contribution in [3.8, 4) is 0 Å². The molecule has 0 saturated carbocycles. The van der Waals surface area contributed by atoms with E-state index in [1.165, 1.54) is 25.9 Å². The van der Waals surface area contributed by atoms with Gasteiger partial charge in [-0.2, -0.15) is 0 Å². The van der Waals surface area contributed by atoms with Crippen LogP contribution in [0.15, 0.2) is 0 Å². The molecule has 1 aliphatic rings. The third-order valence-electron chi connectivity index (χ3n) is 2.85. The molecule has 0 aromatic carbocycles. The summed E-state index contributed by atoms with van der Waals surface area (Å²) in [5.74, 6) is 0.678. The molecular formula is C9H20N2. The van der Waals surface area contributed by atoms with Gasteiger partial charge in [-0.3, -0.25) is 0 Å². The van der Waals surface area contributed by atoms with Gasteiger partial charge in [0.25, 0.3) is 0 Å². The molecule has 0 amide bonds. The Morgan fingerprint density at radius 3 is 2.91 bits per heavy atom. The molecule has 0 spiro atoms. The summed E-state index contributed by atoms with van der Waals surface area (Å²) >= 11 is 0. The minimum absolute atomic E-state index is 0.678. The van der Waals surface area contributed by atoms with E-state index in [-0.39, 0.29) is 0 Å². The van der Waals surface area contributed by atoms with E-state index in [9.17, 15) is 0 Å². The number of nitrogens with zero attached hydrogens (tertiary/aromatic N) is 1. The fourth-order valence-electron chi connectivity index (χ4n) is 2.05. The lowest BCUT2D eigenvalue weighted by Gasteiger charge is -2.27. The van der Waals surface area contributed by atoms with Gasteiger partial charge in [-0.25, -0.2) is 0 Å². The molecule has 0 aliphatic carbocycles. The van der Waals surface area contributed by atoms with E-state index < -0.39 is 0 Å². The van der Waals surface area contributed by atoms with Gasteiger partial charge >= 0.3 is 0 Å². The predicted octanol–water partition coefficient (Wildman–Crippen LogP) is 1.07. The fourth-order valence-corrected chi connectivity index (χ4v) is 2.05. The average Bonchev–Trinajstić information content (AvgIpc) is 2.50. The molecule has 66 valence electrons. The Labute approximate surface area is 69.8 Å². The highest BCUT2D eigenvalue weighted by molar-refractivity contribution is 4.82. The van der Waals surface area contributed by atoms with E-state index in [1.807, 2.05) is 0 Å². The van der Waals surface area contributed by atoms with Crippen LogP contribution in [0, 0.1) is 5.92 Å². The summed E-state index contributed by atoms with van der Waals surface area (Å²) in [6, 6.07) is 0.769.